The smallest absolute Gasteiger partial charge is 0.212 e. The highest BCUT2D eigenvalue weighted by molar-refractivity contribution is 7.98. The van der Waals surface area contributed by atoms with E-state index in [0.717, 1.165) is 16.4 Å². The largest absolute Gasteiger partial charge is 0.497 e. The van der Waals surface area contributed by atoms with Crippen molar-refractivity contribution in [1.82, 2.24) is 4.98 Å². The molecule has 94 valence electrons. The summed E-state index contributed by atoms with van der Waals surface area (Å²) >= 11 is 1.74. The average Bonchev–Trinajstić information content (AvgIpc) is 2.46. The second-order valence-corrected chi connectivity index (χ2v) is 4.73. The van der Waals surface area contributed by atoms with Crippen LogP contribution in [0.1, 0.15) is 5.56 Å². The van der Waals surface area contributed by atoms with Crippen LogP contribution >= 0.6 is 11.8 Å². The van der Waals surface area contributed by atoms with Gasteiger partial charge in [-0.05, 0) is 23.8 Å². The van der Waals surface area contributed by atoms with E-state index in [1.165, 1.54) is 5.56 Å². The fourth-order valence-electron chi connectivity index (χ4n) is 1.50. The molecular weight excluding hydrogens is 246 g/mol. The maximum absolute atomic E-state index is 5.20. The van der Waals surface area contributed by atoms with Gasteiger partial charge in [0.2, 0.25) is 5.88 Å². The Hall–Kier alpha value is -1.68. The van der Waals surface area contributed by atoms with Crippen LogP contribution in [0.25, 0.3) is 0 Å². The highest BCUT2D eigenvalue weighted by Crippen LogP contribution is 2.24. The van der Waals surface area contributed by atoms with Gasteiger partial charge in [-0.2, -0.15) is 0 Å². The minimum atomic E-state index is 0.640. The molecule has 1 aromatic carbocycles. The zero-order chi connectivity index (χ0) is 12.8. The van der Waals surface area contributed by atoms with Gasteiger partial charge in [0, 0.05) is 22.9 Å². The van der Waals surface area contributed by atoms with Gasteiger partial charge < -0.3 is 9.47 Å². The summed E-state index contributed by atoms with van der Waals surface area (Å²) in [5, 5.41) is 0. The van der Waals surface area contributed by atoms with Gasteiger partial charge in [0.1, 0.15) is 5.75 Å². The second-order valence-electron chi connectivity index (χ2n) is 3.68. The van der Waals surface area contributed by atoms with Crippen molar-refractivity contribution in [2.45, 2.75) is 10.6 Å². The maximum Gasteiger partial charge on any atom is 0.212 e. The molecule has 0 spiro atoms. The first kappa shape index (κ1) is 12.8. The number of hydrogen-bond acceptors (Lipinski definition) is 4. The lowest BCUT2D eigenvalue weighted by Crippen LogP contribution is -1.87. The van der Waals surface area contributed by atoms with Gasteiger partial charge in [-0.15, -0.1) is 11.8 Å². The third kappa shape index (κ3) is 3.40. The van der Waals surface area contributed by atoms with Crippen molar-refractivity contribution in [3.05, 3.63) is 48.2 Å². The maximum atomic E-state index is 5.20. The van der Waals surface area contributed by atoms with Crippen molar-refractivity contribution in [1.29, 1.82) is 0 Å². The zero-order valence-corrected chi connectivity index (χ0v) is 11.2. The van der Waals surface area contributed by atoms with E-state index in [9.17, 15) is 0 Å². The molecule has 3 nitrogen and oxygen atoms in total. The van der Waals surface area contributed by atoms with Gasteiger partial charge in [0.05, 0.1) is 14.2 Å². The molecule has 2 aromatic rings. The Bertz CT molecular complexity index is 499. The summed E-state index contributed by atoms with van der Waals surface area (Å²) in [5.41, 5.74) is 1.23. The Morgan fingerprint density at radius 3 is 2.67 bits per heavy atom. The molecule has 1 aromatic heterocycles. The van der Waals surface area contributed by atoms with Crippen molar-refractivity contribution >= 4 is 11.8 Å². The fraction of sp³-hybridized carbons (Fsp3) is 0.214. The van der Waals surface area contributed by atoms with Crippen LogP contribution in [0.15, 0.2) is 47.5 Å². The molecule has 4 heteroatoms. The predicted octanol–water partition coefficient (Wildman–Crippen LogP) is 3.39. The van der Waals surface area contributed by atoms with Crippen molar-refractivity contribution in [2.75, 3.05) is 14.2 Å². The van der Waals surface area contributed by atoms with Crippen LogP contribution in [0.4, 0.5) is 0 Å². The van der Waals surface area contributed by atoms with E-state index in [1.54, 1.807) is 26.0 Å². The van der Waals surface area contributed by atoms with E-state index in [-0.39, 0.29) is 0 Å². The van der Waals surface area contributed by atoms with Gasteiger partial charge >= 0.3 is 0 Å². The van der Waals surface area contributed by atoms with Crippen molar-refractivity contribution in [3.8, 4) is 11.6 Å². The monoisotopic (exact) mass is 261 g/mol. The number of ether oxygens (including phenoxy) is 2. The van der Waals surface area contributed by atoms with E-state index in [0.29, 0.717) is 5.88 Å². The summed E-state index contributed by atoms with van der Waals surface area (Å²) in [7, 11) is 3.30. The van der Waals surface area contributed by atoms with Crippen molar-refractivity contribution < 1.29 is 9.47 Å². The highest BCUT2D eigenvalue weighted by atomic mass is 32.2. The minimum absolute atomic E-state index is 0.640. The van der Waals surface area contributed by atoms with Gasteiger partial charge in [-0.25, -0.2) is 4.98 Å². The highest BCUT2D eigenvalue weighted by Gasteiger charge is 1.99. The molecular formula is C14H15NO2S. The Morgan fingerprint density at radius 2 is 2.00 bits per heavy atom. The van der Waals surface area contributed by atoms with Gasteiger partial charge in [-0.1, -0.05) is 12.1 Å². The molecule has 0 amide bonds. The van der Waals surface area contributed by atoms with Gasteiger partial charge in [-0.3, -0.25) is 0 Å². The molecule has 0 saturated carbocycles. The Kier molecular flexibility index (Phi) is 4.47. The molecule has 2 rings (SSSR count). The summed E-state index contributed by atoms with van der Waals surface area (Å²) in [6, 6.07) is 12.0. The summed E-state index contributed by atoms with van der Waals surface area (Å²) < 4.78 is 10.2. The van der Waals surface area contributed by atoms with E-state index in [2.05, 4.69) is 11.1 Å². The SMILES string of the molecule is COc1cccc(CSc2ccc(OC)nc2)c1. The standard InChI is InChI=1S/C14H15NO2S/c1-16-12-5-3-4-11(8-12)10-18-13-6-7-14(17-2)15-9-13/h3-9H,10H2,1-2H3. The molecule has 0 radical (unpaired) electrons. The summed E-state index contributed by atoms with van der Waals surface area (Å²) in [6.45, 7) is 0. The van der Waals surface area contributed by atoms with Gasteiger partial charge in [0.25, 0.3) is 0 Å². The number of nitrogens with zero attached hydrogens (tertiary/aromatic N) is 1. The third-order valence-corrected chi connectivity index (χ3v) is 3.51. The number of aromatic nitrogens is 1. The van der Waals surface area contributed by atoms with E-state index >= 15 is 0 Å². The molecule has 0 aliphatic heterocycles. The van der Waals surface area contributed by atoms with Crippen LogP contribution < -0.4 is 9.47 Å². The third-order valence-electron chi connectivity index (χ3n) is 2.46. The molecule has 0 fully saturated rings. The Balaban J connectivity index is 1.97. The van der Waals surface area contributed by atoms with Crippen LogP contribution in [0, 0.1) is 0 Å². The van der Waals surface area contributed by atoms with E-state index < -0.39 is 0 Å². The molecule has 18 heavy (non-hydrogen) atoms. The summed E-state index contributed by atoms with van der Waals surface area (Å²) in [6.07, 6.45) is 1.82. The fourth-order valence-corrected chi connectivity index (χ4v) is 2.31. The molecule has 0 aliphatic carbocycles. The van der Waals surface area contributed by atoms with Crippen molar-refractivity contribution in [3.63, 3.8) is 0 Å². The summed E-state index contributed by atoms with van der Waals surface area (Å²) in [4.78, 5) is 5.30. The number of rotatable bonds is 5. The molecule has 0 aliphatic rings. The predicted molar refractivity (Wildman–Crippen MR) is 73.3 cm³/mol. The lowest BCUT2D eigenvalue weighted by Gasteiger charge is -2.05. The van der Waals surface area contributed by atoms with Crippen LogP contribution in [-0.4, -0.2) is 19.2 Å². The normalized spacial score (nSPS) is 10.1. The number of methoxy groups -OCH3 is 2. The molecule has 0 unspecified atom stereocenters. The van der Waals surface area contributed by atoms with Crippen LogP contribution in [0.2, 0.25) is 0 Å². The van der Waals surface area contributed by atoms with E-state index in [4.69, 9.17) is 9.47 Å². The number of benzene rings is 1. The molecule has 1 heterocycles. The first-order chi connectivity index (χ1) is 8.81. The van der Waals surface area contributed by atoms with E-state index in [1.807, 2.05) is 36.5 Å². The van der Waals surface area contributed by atoms with Crippen LogP contribution in [-0.2, 0) is 5.75 Å². The first-order valence-corrected chi connectivity index (χ1v) is 6.56. The lowest BCUT2D eigenvalue weighted by molar-refractivity contribution is 0.397. The first-order valence-electron chi connectivity index (χ1n) is 5.57. The molecule has 0 N–H and O–H groups in total. The topological polar surface area (TPSA) is 31.4 Å². The molecule has 0 bridgehead atoms. The van der Waals surface area contributed by atoms with Crippen LogP contribution in [0.3, 0.4) is 0 Å². The summed E-state index contributed by atoms with van der Waals surface area (Å²) in [5.74, 6) is 2.42. The lowest BCUT2D eigenvalue weighted by atomic mass is 10.2. The molecule has 0 saturated heterocycles. The number of thioether (sulfide) groups is 1. The van der Waals surface area contributed by atoms with Gasteiger partial charge in [0.15, 0.2) is 0 Å². The minimum Gasteiger partial charge on any atom is -0.497 e. The number of hydrogen-bond donors (Lipinski definition) is 0. The zero-order valence-electron chi connectivity index (χ0n) is 10.4. The van der Waals surface area contributed by atoms with Crippen molar-refractivity contribution in [2.24, 2.45) is 0 Å². The quantitative estimate of drug-likeness (QED) is 0.772. The Labute approximate surface area is 111 Å². The molecule has 0 atom stereocenters. The second kappa shape index (κ2) is 6.31. The average molecular weight is 261 g/mol. The van der Waals surface area contributed by atoms with Crippen LogP contribution in [0.5, 0.6) is 11.6 Å². The Morgan fingerprint density at radius 1 is 1.11 bits per heavy atom. The number of pyridine rings is 1.